The van der Waals surface area contributed by atoms with Gasteiger partial charge in [0.15, 0.2) is 0 Å². The molecule has 0 bridgehead atoms. The van der Waals surface area contributed by atoms with Crippen LogP contribution in [0.15, 0.2) is 6.33 Å². The molecule has 0 fully saturated rings. The Morgan fingerprint density at radius 1 is 1.41 bits per heavy atom. The first-order valence-electron chi connectivity index (χ1n) is 5.28. The molecule has 0 atom stereocenters. The summed E-state index contributed by atoms with van der Waals surface area (Å²) in [6, 6.07) is 0. The number of nitrogens with two attached hydrogens (primary N) is 1. The summed E-state index contributed by atoms with van der Waals surface area (Å²) in [6.45, 7) is 2.38. The van der Waals surface area contributed by atoms with Gasteiger partial charge in [0.25, 0.3) is 0 Å². The number of carbonyl (C=O) groups is 1. The van der Waals surface area contributed by atoms with E-state index in [9.17, 15) is 4.79 Å². The number of nitrogens with zero attached hydrogens (tertiary/aromatic N) is 3. The lowest BCUT2D eigenvalue weighted by Crippen LogP contribution is -2.24. The summed E-state index contributed by atoms with van der Waals surface area (Å²) in [5.74, 6) is 6.63. The fraction of sp³-hybridized carbons (Fsp3) is 0.500. The summed E-state index contributed by atoms with van der Waals surface area (Å²) >= 11 is 0. The van der Waals surface area contributed by atoms with Gasteiger partial charge in [-0.3, -0.25) is 4.79 Å². The zero-order chi connectivity index (χ0) is 12.8. The minimum Gasteiger partial charge on any atom is -0.369 e. The van der Waals surface area contributed by atoms with Gasteiger partial charge in [0.1, 0.15) is 18.0 Å². The van der Waals surface area contributed by atoms with Gasteiger partial charge in [-0.15, -0.1) is 0 Å². The van der Waals surface area contributed by atoms with E-state index in [1.807, 2.05) is 6.92 Å². The molecular formula is C10H18N6O. The van der Waals surface area contributed by atoms with Crippen molar-refractivity contribution in [3.8, 4) is 0 Å². The Labute approximate surface area is 100 Å². The maximum absolute atomic E-state index is 11.4. The van der Waals surface area contributed by atoms with Crippen LogP contribution in [0.5, 0.6) is 0 Å². The zero-order valence-corrected chi connectivity index (χ0v) is 10.3. The molecule has 1 aromatic rings. The molecule has 7 heteroatoms. The number of nitrogens with one attached hydrogen (secondary N) is 2. The third kappa shape index (κ3) is 3.56. The fourth-order valence-corrected chi connectivity index (χ4v) is 1.29. The number of carbonyl (C=O) groups excluding carboxylic acids is 1. The number of hydrogen-bond donors (Lipinski definition) is 3. The van der Waals surface area contributed by atoms with Crippen molar-refractivity contribution in [2.24, 2.45) is 5.84 Å². The Balaban J connectivity index is 2.55. The first kappa shape index (κ1) is 13.2. The van der Waals surface area contributed by atoms with E-state index in [0.717, 1.165) is 5.56 Å². The van der Waals surface area contributed by atoms with Crippen LogP contribution in [0.4, 0.5) is 11.6 Å². The summed E-state index contributed by atoms with van der Waals surface area (Å²) < 4.78 is 0. The fourth-order valence-electron chi connectivity index (χ4n) is 1.29. The van der Waals surface area contributed by atoms with E-state index in [4.69, 9.17) is 5.84 Å². The lowest BCUT2D eigenvalue weighted by Gasteiger charge is -2.12. The molecule has 1 heterocycles. The minimum absolute atomic E-state index is 0.0707. The number of amides is 1. The molecule has 0 spiro atoms. The molecule has 4 N–H and O–H groups in total. The highest BCUT2D eigenvalue weighted by atomic mass is 16.2. The van der Waals surface area contributed by atoms with Gasteiger partial charge in [-0.1, -0.05) is 0 Å². The van der Waals surface area contributed by atoms with E-state index in [2.05, 4.69) is 20.7 Å². The number of nitrogen functional groups attached to an aromatic ring is 1. The standard InChI is InChI=1S/C10H18N6O/c1-7-9(13-6-14-10(7)15-11)12-5-4-8(17)16(2)3/h6H,4-5,11H2,1-3H3,(H2,12,13,14,15). The van der Waals surface area contributed by atoms with Crippen LogP contribution in [0.25, 0.3) is 0 Å². The molecule has 7 nitrogen and oxygen atoms in total. The Morgan fingerprint density at radius 3 is 2.65 bits per heavy atom. The first-order chi connectivity index (χ1) is 8.06. The molecule has 94 valence electrons. The maximum atomic E-state index is 11.4. The van der Waals surface area contributed by atoms with Gasteiger partial charge >= 0.3 is 0 Å². The molecule has 0 aliphatic heterocycles. The number of rotatable bonds is 5. The lowest BCUT2D eigenvalue weighted by molar-refractivity contribution is -0.128. The SMILES string of the molecule is Cc1c(NN)ncnc1NCCC(=O)N(C)C. The summed E-state index contributed by atoms with van der Waals surface area (Å²) in [5, 5.41) is 3.08. The topological polar surface area (TPSA) is 96.2 Å². The van der Waals surface area contributed by atoms with Gasteiger partial charge < -0.3 is 15.6 Å². The largest absolute Gasteiger partial charge is 0.369 e. The number of anilines is 2. The van der Waals surface area contributed by atoms with E-state index < -0.39 is 0 Å². The third-order valence-corrected chi connectivity index (χ3v) is 2.35. The van der Waals surface area contributed by atoms with Gasteiger partial charge in [-0.05, 0) is 6.92 Å². The molecule has 17 heavy (non-hydrogen) atoms. The maximum Gasteiger partial charge on any atom is 0.223 e. The van der Waals surface area contributed by atoms with Crippen molar-refractivity contribution in [2.45, 2.75) is 13.3 Å². The molecule has 0 saturated carbocycles. The van der Waals surface area contributed by atoms with Crippen molar-refractivity contribution in [1.29, 1.82) is 0 Å². The van der Waals surface area contributed by atoms with Crippen molar-refractivity contribution < 1.29 is 4.79 Å². The average Bonchev–Trinajstić information content (AvgIpc) is 2.31. The Bertz CT molecular complexity index is 392. The molecule has 0 saturated heterocycles. The van der Waals surface area contributed by atoms with Gasteiger partial charge in [0, 0.05) is 32.6 Å². The monoisotopic (exact) mass is 238 g/mol. The zero-order valence-electron chi connectivity index (χ0n) is 10.3. The normalized spacial score (nSPS) is 9.88. The van der Waals surface area contributed by atoms with Crippen molar-refractivity contribution >= 4 is 17.5 Å². The summed E-state index contributed by atoms with van der Waals surface area (Å²) in [5.41, 5.74) is 3.31. The van der Waals surface area contributed by atoms with E-state index in [0.29, 0.717) is 24.6 Å². The molecule has 0 radical (unpaired) electrons. The van der Waals surface area contributed by atoms with Crippen LogP contribution >= 0.6 is 0 Å². The molecule has 0 aromatic carbocycles. The second-order valence-corrected chi connectivity index (χ2v) is 3.81. The molecule has 0 unspecified atom stereocenters. The van der Waals surface area contributed by atoms with Crippen LogP contribution in [0, 0.1) is 6.92 Å². The molecule has 1 amide bonds. The predicted octanol–water partition coefficient (Wildman–Crippen LogP) is -0.0392. The molecular weight excluding hydrogens is 220 g/mol. The highest BCUT2D eigenvalue weighted by Crippen LogP contribution is 2.16. The van der Waals surface area contributed by atoms with Gasteiger partial charge in [-0.25, -0.2) is 15.8 Å². The van der Waals surface area contributed by atoms with Crippen LogP contribution in [0.2, 0.25) is 0 Å². The van der Waals surface area contributed by atoms with Crippen LogP contribution in [0.1, 0.15) is 12.0 Å². The smallest absolute Gasteiger partial charge is 0.223 e. The molecule has 1 rings (SSSR count). The van der Waals surface area contributed by atoms with E-state index in [1.54, 1.807) is 19.0 Å². The molecule has 0 aliphatic carbocycles. The predicted molar refractivity (Wildman–Crippen MR) is 66.4 cm³/mol. The van der Waals surface area contributed by atoms with Crippen LogP contribution < -0.4 is 16.6 Å². The van der Waals surface area contributed by atoms with Crippen LogP contribution in [0.3, 0.4) is 0 Å². The Morgan fingerprint density at radius 2 is 2.06 bits per heavy atom. The third-order valence-electron chi connectivity index (χ3n) is 2.35. The van der Waals surface area contributed by atoms with Crippen LogP contribution in [-0.4, -0.2) is 41.4 Å². The van der Waals surface area contributed by atoms with Gasteiger partial charge in [-0.2, -0.15) is 0 Å². The lowest BCUT2D eigenvalue weighted by atomic mass is 10.3. The summed E-state index contributed by atoms with van der Waals surface area (Å²) in [7, 11) is 3.46. The van der Waals surface area contributed by atoms with E-state index in [1.165, 1.54) is 6.33 Å². The Hall–Kier alpha value is -1.89. The van der Waals surface area contributed by atoms with Gasteiger partial charge in [0.05, 0.1) is 0 Å². The number of hydrazine groups is 1. The Kier molecular flexibility index (Phi) is 4.65. The van der Waals surface area contributed by atoms with Crippen molar-refractivity contribution in [1.82, 2.24) is 14.9 Å². The number of hydrogen-bond acceptors (Lipinski definition) is 6. The van der Waals surface area contributed by atoms with Crippen molar-refractivity contribution in [3.05, 3.63) is 11.9 Å². The summed E-state index contributed by atoms with van der Waals surface area (Å²) in [6.07, 6.45) is 1.83. The van der Waals surface area contributed by atoms with E-state index >= 15 is 0 Å². The van der Waals surface area contributed by atoms with Gasteiger partial charge in [0.2, 0.25) is 5.91 Å². The van der Waals surface area contributed by atoms with Crippen LogP contribution in [-0.2, 0) is 4.79 Å². The first-order valence-corrected chi connectivity index (χ1v) is 5.28. The summed E-state index contributed by atoms with van der Waals surface area (Å²) in [4.78, 5) is 21.0. The minimum atomic E-state index is 0.0707. The molecule has 1 aromatic heterocycles. The number of aromatic nitrogens is 2. The average molecular weight is 238 g/mol. The second-order valence-electron chi connectivity index (χ2n) is 3.81. The quantitative estimate of drug-likeness (QED) is 0.492. The highest BCUT2D eigenvalue weighted by molar-refractivity contribution is 5.76. The van der Waals surface area contributed by atoms with E-state index in [-0.39, 0.29) is 5.91 Å². The highest BCUT2D eigenvalue weighted by Gasteiger charge is 2.07. The van der Waals surface area contributed by atoms with Crippen molar-refractivity contribution in [2.75, 3.05) is 31.4 Å². The molecule has 0 aliphatic rings. The second kappa shape index (κ2) is 6.00. The van der Waals surface area contributed by atoms with Crippen molar-refractivity contribution in [3.63, 3.8) is 0 Å².